The topological polar surface area (TPSA) is 59.0 Å². The van der Waals surface area contributed by atoms with Gasteiger partial charge in [0.15, 0.2) is 0 Å². The van der Waals surface area contributed by atoms with Crippen molar-refractivity contribution < 1.29 is 19.4 Å². The summed E-state index contributed by atoms with van der Waals surface area (Å²) in [6.07, 6.45) is 0.186. The van der Waals surface area contributed by atoms with Gasteiger partial charge in [-0.15, -0.1) is 0 Å². The molecule has 0 radical (unpaired) electrons. The monoisotopic (exact) mass is 383 g/mol. The molecule has 2 aromatic carbocycles. The molecule has 0 saturated carbocycles. The molecule has 2 aromatic rings. The quantitative estimate of drug-likeness (QED) is 0.710. The van der Waals surface area contributed by atoms with E-state index < -0.39 is 6.16 Å². The molecule has 1 unspecified atom stereocenters. The Balaban J connectivity index is 1.62. The maximum atomic E-state index is 10.8. The molecule has 28 heavy (non-hydrogen) atoms. The summed E-state index contributed by atoms with van der Waals surface area (Å²) in [5.74, 6) is 0. The summed E-state index contributed by atoms with van der Waals surface area (Å²) >= 11 is 0. The molecule has 1 saturated heterocycles. The van der Waals surface area contributed by atoms with Crippen LogP contribution in [0.2, 0.25) is 0 Å². The highest BCUT2D eigenvalue weighted by atomic mass is 16.7. The van der Waals surface area contributed by atoms with Gasteiger partial charge in [-0.1, -0.05) is 59.7 Å². The van der Waals surface area contributed by atoms with Gasteiger partial charge in [-0.3, -0.25) is 4.90 Å². The minimum absolute atomic E-state index is 0.114. The lowest BCUT2D eigenvalue weighted by molar-refractivity contribution is 0.000382. The van der Waals surface area contributed by atoms with Crippen LogP contribution in [-0.4, -0.2) is 48.5 Å². The molecule has 0 spiro atoms. The van der Waals surface area contributed by atoms with Crippen molar-refractivity contribution in [3.63, 3.8) is 0 Å². The Labute approximate surface area is 166 Å². The SMILES string of the molecule is Cc1ccc(C(OCCN2CCCC(OC(=O)O)C2)c2ccc(C)cc2)cc1. The summed E-state index contributed by atoms with van der Waals surface area (Å²) < 4.78 is 11.3. The van der Waals surface area contributed by atoms with E-state index in [2.05, 4.69) is 67.3 Å². The van der Waals surface area contributed by atoms with Crippen LogP contribution in [0.3, 0.4) is 0 Å². The third-order valence-electron chi connectivity index (χ3n) is 5.18. The average Bonchev–Trinajstić information content (AvgIpc) is 2.67. The molecular formula is C23H29NO4. The Kier molecular flexibility index (Phi) is 7.06. The number of hydrogen-bond donors (Lipinski definition) is 1. The highest BCUT2D eigenvalue weighted by Crippen LogP contribution is 2.27. The average molecular weight is 383 g/mol. The zero-order valence-corrected chi connectivity index (χ0v) is 16.6. The van der Waals surface area contributed by atoms with E-state index >= 15 is 0 Å². The summed E-state index contributed by atoms with van der Waals surface area (Å²) in [6, 6.07) is 16.9. The number of piperidine rings is 1. The van der Waals surface area contributed by atoms with Crippen molar-refractivity contribution in [1.29, 1.82) is 0 Å². The molecular weight excluding hydrogens is 354 g/mol. The van der Waals surface area contributed by atoms with Crippen molar-refractivity contribution >= 4 is 6.16 Å². The second-order valence-corrected chi connectivity index (χ2v) is 7.52. The number of likely N-dealkylation sites (tertiary alicyclic amines) is 1. The minimum Gasteiger partial charge on any atom is -0.450 e. The molecule has 1 aliphatic heterocycles. The summed E-state index contributed by atoms with van der Waals surface area (Å²) in [4.78, 5) is 13.0. The van der Waals surface area contributed by atoms with Crippen LogP contribution in [0.1, 0.15) is 41.2 Å². The molecule has 1 fully saturated rings. The second-order valence-electron chi connectivity index (χ2n) is 7.52. The third kappa shape index (κ3) is 5.81. The number of carbonyl (C=O) groups is 1. The van der Waals surface area contributed by atoms with Crippen molar-refractivity contribution in [2.24, 2.45) is 0 Å². The lowest BCUT2D eigenvalue weighted by Crippen LogP contribution is -2.42. The summed E-state index contributed by atoms with van der Waals surface area (Å²) in [6.45, 7) is 7.08. The van der Waals surface area contributed by atoms with Crippen LogP contribution in [0.4, 0.5) is 4.79 Å². The summed E-state index contributed by atoms with van der Waals surface area (Å²) in [5.41, 5.74) is 4.73. The maximum absolute atomic E-state index is 10.8. The molecule has 0 bridgehead atoms. The van der Waals surface area contributed by atoms with Gasteiger partial charge in [0, 0.05) is 13.1 Å². The summed E-state index contributed by atoms with van der Waals surface area (Å²) in [5, 5.41) is 8.83. The van der Waals surface area contributed by atoms with Crippen molar-refractivity contribution in [3.05, 3.63) is 70.8 Å². The van der Waals surface area contributed by atoms with Crippen LogP contribution >= 0.6 is 0 Å². The van der Waals surface area contributed by atoms with E-state index in [-0.39, 0.29) is 12.2 Å². The largest absolute Gasteiger partial charge is 0.506 e. The number of carboxylic acid groups (broad SMARTS) is 1. The normalized spacial score (nSPS) is 17.6. The molecule has 1 heterocycles. The van der Waals surface area contributed by atoms with E-state index in [0.29, 0.717) is 13.2 Å². The maximum Gasteiger partial charge on any atom is 0.506 e. The Bertz CT molecular complexity index is 712. The van der Waals surface area contributed by atoms with Crippen molar-refractivity contribution in [1.82, 2.24) is 4.90 Å². The first kappa shape index (κ1) is 20.4. The Morgan fingerprint density at radius 3 is 2.18 bits per heavy atom. The fraction of sp³-hybridized carbons (Fsp3) is 0.435. The van der Waals surface area contributed by atoms with E-state index in [1.807, 2.05) is 0 Å². The van der Waals surface area contributed by atoms with Crippen molar-refractivity contribution in [2.75, 3.05) is 26.2 Å². The Morgan fingerprint density at radius 2 is 1.64 bits per heavy atom. The van der Waals surface area contributed by atoms with Gasteiger partial charge in [0.2, 0.25) is 0 Å². The van der Waals surface area contributed by atoms with Crippen LogP contribution in [0.15, 0.2) is 48.5 Å². The molecule has 0 amide bonds. The van der Waals surface area contributed by atoms with Crippen LogP contribution in [0.25, 0.3) is 0 Å². The van der Waals surface area contributed by atoms with Gasteiger partial charge >= 0.3 is 6.16 Å². The van der Waals surface area contributed by atoms with Gasteiger partial charge in [-0.25, -0.2) is 4.79 Å². The van der Waals surface area contributed by atoms with E-state index in [0.717, 1.165) is 37.1 Å². The second kappa shape index (κ2) is 9.71. The first-order valence-corrected chi connectivity index (χ1v) is 9.88. The molecule has 1 N–H and O–H groups in total. The molecule has 5 nitrogen and oxygen atoms in total. The summed E-state index contributed by atoms with van der Waals surface area (Å²) in [7, 11) is 0. The van der Waals surface area contributed by atoms with Crippen LogP contribution in [-0.2, 0) is 9.47 Å². The molecule has 1 aliphatic rings. The highest BCUT2D eigenvalue weighted by molar-refractivity contribution is 5.57. The molecule has 0 aliphatic carbocycles. The van der Waals surface area contributed by atoms with Crippen LogP contribution < -0.4 is 0 Å². The van der Waals surface area contributed by atoms with Gasteiger partial charge in [-0.05, 0) is 44.4 Å². The lowest BCUT2D eigenvalue weighted by Gasteiger charge is -2.32. The van der Waals surface area contributed by atoms with Gasteiger partial charge < -0.3 is 14.6 Å². The van der Waals surface area contributed by atoms with Crippen LogP contribution in [0.5, 0.6) is 0 Å². The number of rotatable bonds is 7. The predicted octanol–water partition coefficient (Wildman–Crippen LogP) is 4.57. The molecule has 1 atom stereocenters. The zero-order valence-electron chi connectivity index (χ0n) is 16.6. The standard InChI is InChI=1S/C23H29NO4/c1-17-5-9-19(10-6-17)22(20-11-7-18(2)8-12-20)27-15-14-24-13-3-4-21(16-24)28-23(25)26/h5-12,21-22H,3-4,13-16H2,1-2H3,(H,25,26). The van der Waals surface area contributed by atoms with Gasteiger partial charge in [0.05, 0.1) is 6.61 Å². The van der Waals surface area contributed by atoms with Crippen molar-refractivity contribution in [2.45, 2.75) is 38.9 Å². The number of ether oxygens (including phenoxy) is 2. The van der Waals surface area contributed by atoms with Crippen molar-refractivity contribution in [3.8, 4) is 0 Å². The van der Waals surface area contributed by atoms with Gasteiger partial charge in [0.1, 0.15) is 12.2 Å². The smallest absolute Gasteiger partial charge is 0.450 e. The van der Waals surface area contributed by atoms with E-state index in [9.17, 15) is 4.79 Å². The Morgan fingerprint density at radius 1 is 1.07 bits per heavy atom. The lowest BCUT2D eigenvalue weighted by atomic mass is 9.99. The first-order valence-electron chi connectivity index (χ1n) is 9.88. The number of aryl methyl sites for hydroxylation is 2. The fourth-order valence-electron chi connectivity index (χ4n) is 3.62. The predicted molar refractivity (Wildman–Crippen MR) is 109 cm³/mol. The Hall–Kier alpha value is -2.37. The molecule has 3 rings (SSSR count). The first-order chi connectivity index (χ1) is 13.5. The van der Waals surface area contributed by atoms with Gasteiger partial charge in [0.25, 0.3) is 0 Å². The van der Waals surface area contributed by atoms with Crippen LogP contribution in [0, 0.1) is 13.8 Å². The van der Waals surface area contributed by atoms with E-state index in [1.165, 1.54) is 11.1 Å². The fourth-order valence-corrected chi connectivity index (χ4v) is 3.62. The third-order valence-corrected chi connectivity index (χ3v) is 5.18. The number of nitrogens with zero attached hydrogens (tertiary/aromatic N) is 1. The molecule has 5 heteroatoms. The molecule has 150 valence electrons. The number of benzene rings is 2. The molecule has 0 aromatic heterocycles. The van der Waals surface area contributed by atoms with E-state index in [4.69, 9.17) is 14.6 Å². The van der Waals surface area contributed by atoms with Gasteiger partial charge in [-0.2, -0.15) is 0 Å². The van der Waals surface area contributed by atoms with E-state index in [1.54, 1.807) is 0 Å². The number of hydrogen-bond acceptors (Lipinski definition) is 4. The highest BCUT2D eigenvalue weighted by Gasteiger charge is 2.23. The minimum atomic E-state index is -1.19. The zero-order chi connectivity index (χ0) is 19.9.